The number of halogens is 1. The summed E-state index contributed by atoms with van der Waals surface area (Å²) in [5, 5.41) is 8.34. The number of rotatable bonds is 4. The Morgan fingerprint density at radius 2 is 2.14 bits per heavy atom. The number of aromatic nitrogens is 2. The molecule has 0 aromatic carbocycles. The van der Waals surface area contributed by atoms with Gasteiger partial charge in [0, 0.05) is 38.3 Å². The smallest absolute Gasteiger partial charge is 0.0739 e. The molecule has 0 bridgehead atoms. The lowest BCUT2D eigenvalue weighted by Gasteiger charge is -2.46. The molecule has 0 radical (unpaired) electrons. The van der Waals surface area contributed by atoms with Gasteiger partial charge in [0.25, 0.3) is 0 Å². The summed E-state index contributed by atoms with van der Waals surface area (Å²) in [7, 11) is 2.06. The van der Waals surface area contributed by atoms with Crippen molar-refractivity contribution in [2.75, 3.05) is 13.1 Å². The summed E-state index contributed by atoms with van der Waals surface area (Å²) in [5.41, 5.74) is 2.63. The summed E-state index contributed by atoms with van der Waals surface area (Å²) < 4.78 is 3.21. The van der Waals surface area contributed by atoms with Crippen LogP contribution in [0.1, 0.15) is 44.5 Å². The quantitative estimate of drug-likeness (QED) is 0.902. The summed E-state index contributed by atoms with van der Waals surface area (Å²) in [4.78, 5) is 2.69. The van der Waals surface area contributed by atoms with E-state index in [1.807, 2.05) is 4.68 Å². The van der Waals surface area contributed by atoms with Crippen LogP contribution in [-0.4, -0.2) is 39.4 Å². The molecule has 1 aliphatic heterocycles. The van der Waals surface area contributed by atoms with Crippen LogP contribution < -0.4 is 5.32 Å². The topological polar surface area (TPSA) is 33.1 Å². The summed E-state index contributed by atoms with van der Waals surface area (Å²) in [5.74, 6) is 0.895. The van der Waals surface area contributed by atoms with Crippen molar-refractivity contribution in [2.24, 2.45) is 13.0 Å². The molecule has 0 spiro atoms. The van der Waals surface area contributed by atoms with E-state index in [1.54, 1.807) is 0 Å². The first-order valence-corrected chi connectivity index (χ1v) is 8.90. The Hall–Kier alpha value is -0.390. The molecule has 2 aliphatic rings. The second-order valence-electron chi connectivity index (χ2n) is 7.07. The Morgan fingerprint density at radius 1 is 1.43 bits per heavy atom. The van der Waals surface area contributed by atoms with Crippen LogP contribution in [0.4, 0.5) is 0 Å². The molecule has 5 heteroatoms. The number of hydrogen-bond donors (Lipinski definition) is 1. The fourth-order valence-electron chi connectivity index (χ4n) is 3.50. The lowest BCUT2D eigenvalue weighted by atomic mass is 9.92. The standard InChI is InChI=1S/C16H27BrN4/c1-5-16(3)10-21(13(8-18-16)12-6-7-12)9-14-15(17)11(2)19-20(14)4/h12-13,18H,5-10H2,1-4H3. The van der Waals surface area contributed by atoms with E-state index in [-0.39, 0.29) is 5.54 Å². The molecule has 3 rings (SSSR count). The van der Waals surface area contributed by atoms with Gasteiger partial charge in [-0.3, -0.25) is 9.58 Å². The molecule has 0 amide bonds. The predicted molar refractivity (Wildman–Crippen MR) is 89.3 cm³/mol. The number of piperazine rings is 1. The first kappa shape index (κ1) is 15.5. The maximum Gasteiger partial charge on any atom is 0.0739 e. The molecule has 2 heterocycles. The molecule has 1 aliphatic carbocycles. The largest absolute Gasteiger partial charge is 0.309 e. The third-order valence-electron chi connectivity index (χ3n) is 5.32. The third-order valence-corrected chi connectivity index (χ3v) is 6.35. The number of nitrogens with one attached hydrogen (secondary N) is 1. The summed E-state index contributed by atoms with van der Waals surface area (Å²) in [6, 6.07) is 0.687. The van der Waals surface area contributed by atoms with Gasteiger partial charge in [0.05, 0.1) is 15.9 Å². The maximum absolute atomic E-state index is 4.55. The van der Waals surface area contributed by atoms with Crippen molar-refractivity contribution in [3.8, 4) is 0 Å². The predicted octanol–water partition coefficient (Wildman–Crippen LogP) is 2.84. The highest BCUT2D eigenvalue weighted by molar-refractivity contribution is 9.10. The van der Waals surface area contributed by atoms with Crippen molar-refractivity contribution in [1.82, 2.24) is 20.0 Å². The molecule has 21 heavy (non-hydrogen) atoms. The third kappa shape index (κ3) is 3.06. The van der Waals surface area contributed by atoms with Gasteiger partial charge in [-0.05, 0) is 55.0 Å². The Balaban J connectivity index is 1.82. The molecule has 1 saturated heterocycles. The van der Waals surface area contributed by atoms with Crippen LogP contribution in [0.15, 0.2) is 4.47 Å². The van der Waals surface area contributed by atoms with Crippen LogP contribution >= 0.6 is 15.9 Å². The minimum atomic E-state index is 0.242. The molecule has 1 aromatic heterocycles. The fraction of sp³-hybridized carbons (Fsp3) is 0.812. The van der Waals surface area contributed by atoms with Gasteiger partial charge >= 0.3 is 0 Å². The zero-order valence-corrected chi connectivity index (χ0v) is 15.2. The van der Waals surface area contributed by atoms with E-state index in [0.717, 1.165) is 31.2 Å². The van der Waals surface area contributed by atoms with Gasteiger partial charge in [0.1, 0.15) is 0 Å². The molecule has 4 nitrogen and oxygen atoms in total. The van der Waals surface area contributed by atoms with Gasteiger partial charge in [-0.2, -0.15) is 5.10 Å². The van der Waals surface area contributed by atoms with Gasteiger partial charge in [0.15, 0.2) is 0 Å². The van der Waals surface area contributed by atoms with Crippen LogP contribution in [0.2, 0.25) is 0 Å². The minimum Gasteiger partial charge on any atom is -0.309 e. The minimum absolute atomic E-state index is 0.242. The molecule has 2 fully saturated rings. The summed E-state index contributed by atoms with van der Waals surface area (Å²) in [6.07, 6.45) is 3.97. The van der Waals surface area contributed by atoms with Crippen molar-refractivity contribution in [1.29, 1.82) is 0 Å². The van der Waals surface area contributed by atoms with Crippen molar-refractivity contribution in [2.45, 2.75) is 58.2 Å². The van der Waals surface area contributed by atoms with Crippen LogP contribution in [-0.2, 0) is 13.6 Å². The lowest BCUT2D eigenvalue weighted by Crippen LogP contribution is -2.63. The highest BCUT2D eigenvalue weighted by Crippen LogP contribution is 2.38. The number of aryl methyl sites for hydroxylation is 2. The van der Waals surface area contributed by atoms with E-state index in [9.17, 15) is 0 Å². The number of nitrogens with zero attached hydrogens (tertiary/aromatic N) is 3. The zero-order valence-electron chi connectivity index (χ0n) is 13.6. The van der Waals surface area contributed by atoms with Crippen LogP contribution in [0.25, 0.3) is 0 Å². The molecule has 2 unspecified atom stereocenters. The van der Waals surface area contributed by atoms with E-state index >= 15 is 0 Å². The fourth-order valence-corrected chi connectivity index (χ4v) is 3.96. The molecule has 118 valence electrons. The molecular weight excluding hydrogens is 328 g/mol. The van der Waals surface area contributed by atoms with Gasteiger partial charge in [0.2, 0.25) is 0 Å². The summed E-state index contributed by atoms with van der Waals surface area (Å²) in [6.45, 7) is 9.96. The van der Waals surface area contributed by atoms with E-state index < -0.39 is 0 Å². The normalized spacial score (nSPS) is 30.8. The first-order chi connectivity index (χ1) is 9.93. The Kier molecular flexibility index (Phi) is 4.19. The second kappa shape index (κ2) is 5.67. The van der Waals surface area contributed by atoms with E-state index in [0.29, 0.717) is 6.04 Å². The van der Waals surface area contributed by atoms with Crippen LogP contribution in [0, 0.1) is 12.8 Å². The Labute approximate surface area is 136 Å². The first-order valence-electron chi connectivity index (χ1n) is 8.10. The van der Waals surface area contributed by atoms with Gasteiger partial charge in [-0.25, -0.2) is 0 Å². The van der Waals surface area contributed by atoms with Crippen molar-refractivity contribution in [3.63, 3.8) is 0 Å². The highest BCUT2D eigenvalue weighted by atomic mass is 79.9. The summed E-state index contributed by atoms with van der Waals surface area (Å²) >= 11 is 3.72. The number of hydrogen-bond acceptors (Lipinski definition) is 3. The monoisotopic (exact) mass is 354 g/mol. The Morgan fingerprint density at radius 3 is 2.67 bits per heavy atom. The van der Waals surface area contributed by atoms with Gasteiger partial charge < -0.3 is 5.32 Å². The average Bonchev–Trinajstić information content (AvgIpc) is 3.25. The second-order valence-corrected chi connectivity index (χ2v) is 7.87. The van der Waals surface area contributed by atoms with Gasteiger partial charge in [-0.15, -0.1) is 0 Å². The van der Waals surface area contributed by atoms with E-state index in [4.69, 9.17) is 0 Å². The maximum atomic E-state index is 4.55. The van der Waals surface area contributed by atoms with Gasteiger partial charge in [-0.1, -0.05) is 6.92 Å². The molecule has 1 aromatic rings. The van der Waals surface area contributed by atoms with Crippen molar-refractivity contribution >= 4 is 15.9 Å². The SMILES string of the molecule is CCC1(C)CN(Cc2c(Br)c(C)nn2C)C(C2CC2)CN1. The van der Waals surface area contributed by atoms with Crippen molar-refractivity contribution < 1.29 is 0 Å². The lowest BCUT2D eigenvalue weighted by molar-refractivity contribution is 0.0640. The molecule has 1 N–H and O–H groups in total. The Bertz CT molecular complexity index is 523. The van der Waals surface area contributed by atoms with Crippen LogP contribution in [0.5, 0.6) is 0 Å². The molecular formula is C16H27BrN4. The highest BCUT2D eigenvalue weighted by Gasteiger charge is 2.42. The molecule has 2 atom stereocenters. The van der Waals surface area contributed by atoms with Crippen LogP contribution in [0.3, 0.4) is 0 Å². The molecule has 1 saturated carbocycles. The van der Waals surface area contributed by atoms with E-state index in [1.165, 1.54) is 29.4 Å². The zero-order chi connectivity index (χ0) is 15.2. The van der Waals surface area contributed by atoms with E-state index in [2.05, 4.69) is 59.1 Å². The van der Waals surface area contributed by atoms with Crippen molar-refractivity contribution in [3.05, 3.63) is 15.9 Å². The average molecular weight is 355 g/mol.